The van der Waals surface area contributed by atoms with Crippen molar-refractivity contribution in [2.75, 3.05) is 11.5 Å². The minimum atomic E-state index is -0.237. The van der Waals surface area contributed by atoms with Crippen molar-refractivity contribution >= 4 is 35.0 Å². The average Bonchev–Trinajstić information content (AvgIpc) is 3.18. The Morgan fingerprint density at radius 2 is 1.52 bits per heavy atom. The Labute approximate surface area is 151 Å². The fraction of sp³-hybridized carbons (Fsp3) is 0.300. The van der Waals surface area contributed by atoms with Gasteiger partial charge in [0.05, 0.1) is 17.3 Å². The number of nitrogens with zero attached hydrogens (tertiary/aromatic N) is 1. The molecule has 4 rings (SSSR count). The molecule has 2 aromatic rings. The van der Waals surface area contributed by atoms with Gasteiger partial charge < -0.3 is 4.74 Å². The van der Waals surface area contributed by atoms with E-state index in [4.69, 9.17) is 4.74 Å². The molecule has 0 saturated heterocycles. The lowest BCUT2D eigenvalue weighted by Crippen LogP contribution is -2.33. The van der Waals surface area contributed by atoms with Crippen molar-refractivity contribution in [3.05, 3.63) is 48.5 Å². The minimum Gasteiger partial charge on any atom is -0.455 e. The molecule has 0 N–H and O–H groups in total. The summed E-state index contributed by atoms with van der Waals surface area (Å²) in [5.74, 6) is -0.491. The van der Waals surface area contributed by atoms with E-state index in [-0.39, 0.29) is 24.4 Å². The topological polar surface area (TPSA) is 46.6 Å². The van der Waals surface area contributed by atoms with Crippen LogP contribution < -0.4 is 4.90 Å². The molecule has 4 nitrogen and oxygen atoms in total. The summed E-state index contributed by atoms with van der Waals surface area (Å²) < 4.78 is 5.33. The van der Waals surface area contributed by atoms with Crippen molar-refractivity contribution in [1.82, 2.24) is 0 Å². The van der Waals surface area contributed by atoms with E-state index >= 15 is 0 Å². The summed E-state index contributed by atoms with van der Waals surface area (Å²) >= 11 is 1.65. The van der Waals surface area contributed by atoms with Gasteiger partial charge in [0.15, 0.2) is 6.61 Å². The van der Waals surface area contributed by atoms with Crippen LogP contribution >= 0.6 is 11.8 Å². The molecule has 1 saturated carbocycles. The van der Waals surface area contributed by atoms with Gasteiger partial charge in [-0.05, 0) is 37.1 Å². The Bertz CT molecular complexity index is 769. The normalized spacial score (nSPS) is 16.2. The average molecular weight is 353 g/mol. The summed E-state index contributed by atoms with van der Waals surface area (Å²) in [4.78, 5) is 28.7. The highest BCUT2D eigenvalue weighted by atomic mass is 32.2. The zero-order valence-electron chi connectivity index (χ0n) is 13.8. The van der Waals surface area contributed by atoms with E-state index in [1.54, 1.807) is 16.7 Å². The van der Waals surface area contributed by atoms with Crippen LogP contribution in [0.4, 0.5) is 11.4 Å². The van der Waals surface area contributed by atoms with Crippen molar-refractivity contribution in [1.29, 1.82) is 0 Å². The second kappa shape index (κ2) is 6.92. The zero-order valence-corrected chi connectivity index (χ0v) is 14.6. The molecule has 0 aromatic heterocycles. The molecule has 0 spiro atoms. The highest BCUT2D eigenvalue weighted by molar-refractivity contribution is 7.99. The predicted molar refractivity (Wildman–Crippen MR) is 97.1 cm³/mol. The maximum Gasteiger partial charge on any atom is 0.309 e. The van der Waals surface area contributed by atoms with Crippen molar-refractivity contribution in [2.24, 2.45) is 5.92 Å². The molecule has 1 heterocycles. The summed E-state index contributed by atoms with van der Waals surface area (Å²) in [7, 11) is 0. The standard InChI is InChI=1S/C20H19NO3S/c22-19(13-24-20(23)14-7-1-2-8-14)21-15-9-3-5-11-17(15)25-18-12-6-4-10-16(18)21/h3-6,9-12,14H,1-2,7-8,13H2. The third-order valence-electron chi connectivity index (χ3n) is 4.71. The molecule has 1 aliphatic heterocycles. The van der Waals surface area contributed by atoms with Crippen LogP contribution in [0, 0.1) is 5.92 Å². The van der Waals surface area contributed by atoms with Crippen molar-refractivity contribution in [3.8, 4) is 0 Å². The molecule has 0 atom stereocenters. The van der Waals surface area contributed by atoms with Gasteiger partial charge in [-0.2, -0.15) is 0 Å². The molecule has 1 amide bonds. The molecule has 2 aliphatic rings. The molecule has 25 heavy (non-hydrogen) atoms. The number of anilines is 2. The number of carbonyl (C=O) groups is 2. The Morgan fingerprint density at radius 1 is 0.960 bits per heavy atom. The lowest BCUT2D eigenvalue weighted by atomic mass is 10.1. The van der Waals surface area contributed by atoms with E-state index in [2.05, 4.69) is 0 Å². The van der Waals surface area contributed by atoms with Gasteiger partial charge in [0.2, 0.25) is 0 Å². The van der Waals surface area contributed by atoms with Crippen LogP contribution in [0.2, 0.25) is 0 Å². The number of benzene rings is 2. The van der Waals surface area contributed by atoms with Gasteiger partial charge in [-0.25, -0.2) is 0 Å². The van der Waals surface area contributed by atoms with Gasteiger partial charge in [-0.3, -0.25) is 14.5 Å². The number of ether oxygens (including phenoxy) is 1. The first kappa shape index (κ1) is 16.2. The van der Waals surface area contributed by atoms with Crippen molar-refractivity contribution < 1.29 is 14.3 Å². The minimum absolute atomic E-state index is 0.0377. The SMILES string of the molecule is O=C(OCC(=O)N1c2ccccc2Sc2ccccc21)C1CCCC1. The van der Waals surface area contributed by atoms with Crippen LogP contribution in [0.25, 0.3) is 0 Å². The molecule has 0 radical (unpaired) electrons. The first-order valence-electron chi connectivity index (χ1n) is 8.59. The van der Waals surface area contributed by atoms with Gasteiger partial charge in [0.25, 0.3) is 5.91 Å². The quantitative estimate of drug-likeness (QED) is 0.760. The molecule has 2 aromatic carbocycles. The van der Waals surface area contributed by atoms with Crippen molar-refractivity contribution in [2.45, 2.75) is 35.5 Å². The van der Waals surface area contributed by atoms with E-state index in [9.17, 15) is 9.59 Å². The number of fused-ring (bicyclic) bond motifs is 2. The Morgan fingerprint density at radius 3 is 2.12 bits per heavy atom. The third kappa shape index (κ3) is 3.16. The van der Waals surface area contributed by atoms with E-state index in [0.29, 0.717) is 0 Å². The van der Waals surface area contributed by atoms with E-state index in [1.165, 1.54) is 0 Å². The Balaban J connectivity index is 1.56. The monoisotopic (exact) mass is 353 g/mol. The molecule has 5 heteroatoms. The van der Waals surface area contributed by atoms with Gasteiger partial charge in [0.1, 0.15) is 0 Å². The highest BCUT2D eigenvalue weighted by Crippen LogP contribution is 2.47. The van der Waals surface area contributed by atoms with Crippen LogP contribution in [0.1, 0.15) is 25.7 Å². The first-order valence-corrected chi connectivity index (χ1v) is 9.41. The molecule has 1 aliphatic carbocycles. The van der Waals surface area contributed by atoms with Gasteiger partial charge in [-0.1, -0.05) is 48.9 Å². The number of amides is 1. The van der Waals surface area contributed by atoms with Gasteiger partial charge in [0, 0.05) is 9.79 Å². The second-order valence-corrected chi connectivity index (χ2v) is 7.44. The molecule has 1 fully saturated rings. The number of rotatable bonds is 3. The van der Waals surface area contributed by atoms with Crippen LogP contribution in [-0.2, 0) is 14.3 Å². The summed E-state index contributed by atoms with van der Waals surface area (Å²) in [6.07, 6.45) is 3.88. The van der Waals surface area contributed by atoms with E-state index in [1.807, 2.05) is 48.5 Å². The molecule has 0 bridgehead atoms. The van der Waals surface area contributed by atoms with Gasteiger partial charge >= 0.3 is 5.97 Å². The lowest BCUT2D eigenvalue weighted by Gasteiger charge is -2.30. The van der Waals surface area contributed by atoms with Gasteiger partial charge in [-0.15, -0.1) is 0 Å². The second-order valence-electron chi connectivity index (χ2n) is 6.36. The Kier molecular flexibility index (Phi) is 4.49. The van der Waals surface area contributed by atoms with E-state index < -0.39 is 0 Å². The number of hydrogen-bond acceptors (Lipinski definition) is 4. The number of hydrogen-bond donors (Lipinski definition) is 0. The van der Waals surface area contributed by atoms with Crippen LogP contribution in [-0.4, -0.2) is 18.5 Å². The molecule has 128 valence electrons. The summed E-state index contributed by atoms with van der Waals surface area (Å²) in [6.45, 7) is -0.220. The molecular formula is C20H19NO3S. The number of esters is 1. The fourth-order valence-corrected chi connectivity index (χ4v) is 4.51. The number of carbonyl (C=O) groups excluding carboxylic acids is 2. The molecule has 0 unspecified atom stereocenters. The third-order valence-corrected chi connectivity index (χ3v) is 5.84. The first-order chi connectivity index (χ1) is 12.2. The largest absolute Gasteiger partial charge is 0.455 e. The maximum absolute atomic E-state index is 12.9. The van der Waals surface area contributed by atoms with Crippen LogP contribution in [0.15, 0.2) is 58.3 Å². The molecular weight excluding hydrogens is 334 g/mol. The fourth-order valence-electron chi connectivity index (χ4n) is 3.45. The van der Waals surface area contributed by atoms with E-state index in [0.717, 1.165) is 46.8 Å². The highest BCUT2D eigenvalue weighted by Gasteiger charge is 2.30. The summed E-state index contributed by atoms with van der Waals surface area (Å²) in [5, 5.41) is 0. The number of para-hydroxylation sites is 2. The maximum atomic E-state index is 12.9. The van der Waals surface area contributed by atoms with Crippen LogP contribution in [0.3, 0.4) is 0 Å². The smallest absolute Gasteiger partial charge is 0.309 e. The van der Waals surface area contributed by atoms with Crippen LogP contribution in [0.5, 0.6) is 0 Å². The van der Waals surface area contributed by atoms with Crippen molar-refractivity contribution in [3.63, 3.8) is 0 Å². The summed E-state index contributed by atoms with van der Waals surface area (Å²) in [6, 6.07) is 15.6. The lowest BCUT2D eigenvalue weighted by molar-refractivity contribution is -0.151. The summed E-state index contributed by atoms with van der Waals surface area (Å²) in [5.41, 5.74) is 1.68. The zero-order chi connectivity index (χ0) is 17.2. The Hall–Kier alpha value is -2.27. The predicted octanol–water partition coefficient (Wildman–Crippen LogP) is 4.55.